The van der Waals surface area contributed by atoms with Gasteiger partial charge < -0.3 is 4.90 Å². The van der Waals surface area contributed by atoms with E-state index in [2.05, 4.69) is 25.7 Å². The van der Waals surface area contributed by atoms with Crippen LogP contribution >= 0.6 is 0 Å². The maximum Gasteiger partial charge on any atom is -0.00187 e. The van der Waals surface area contributed by atoms with Gasteiger partial charge in [0.2, 0.25) is 0 Å². The molecule has 0 aromatic rings. The van der Waals surface area contributed by atoms with Crippen molar-refractivity contribution in [2.75, 3.05) is 19.6 Å². The molecule has 0 saturated carbocycles. The molecule has 0 amide bonds. The summed E-state index contributed by atoms with van der Waals surface area (Å²) in [6.07, 6.45) is 18.5. The maximum absolute atomic E-state index is 2.65. The Labute approximate surface area is 129 Å². The van der Waals surface area contributed by atoms with Crippen molar-refractivity contribution in [2.24, 2.45) is 0 Å². The molecule has 1 nitrogen and oxygen atoms in total. The summed E-state index contributed by atoms with van der Waals surface area (Å²) in [5.41, 5.74) is 0. The van der Waals surface area contributed by atoms with Crippen molar-refractivity contribution in [1.29, 1.82) is 0 Å². The Hall–Kier alpha value is -0.0400. The van der Waals surface area contributed by atoms with Crippen LogP contribution in [0.25, 0.3) is 0 Å². The van der Waals surface area contributed by atoms with Crippen molar-refractivity contribution in [1.82, 2.24) is 4.90 Å². The monoisotopic (exact) mass is 283 g/mol. The fourth-order valence-corrected chi connectivity index (χ4v) is 2.97. The second-order valence-electron chi connectivity index (χ2n) is 6.38. The summed E-state index contributed by atoms with van der Waals surface area (Å²) < 4.78 is 0. The summed E-state index contributed by atoms with van der Waals surface area (Å²) in [5, 5.41) is 0. The number of hydrogen-bond donors (Lipinski definition) is 0. The third-order valence-corrected chi connectivity index (χ3v) is 4.16. The Morgan fingerprint density at radius 2 is 0.800 bits per heavy atom. The summed E-state index contributed by atoms with van der Waals surface area (Å²) in [6, 6.07) is 0. The molecule has 0 aromatic carbocycles. The van der Waals surface area contributed by atoms with Gasteiger partial charge in [-0.25, -0.2) is 0 Å². The van der Waals surface area contributed by atoms with Crippen LogP contribution in [0.5, 0.6) is 0 Å². The van der Waals surface area contributed by atoms with Gasteiger partial charge in [0.15, 0.2) is 0 Å². The lowest BCUT2D eigenvalue weighted by Gasteiger charge is -2.20. The summed E-state index contributed by atoms with van der Waals surface area (Å²) in [4.78, 5) is 2.65. The summed E-state index contributed by atoms with van der Waals surface area (Å²) in [5.74, 6) is 0. The van der Waals surface area contributed by atoms with Gasteiger partial charge in [-0.15, -0.1) is 0 Å². The van der Waals surface area contributed by atoms with Crippen molar-refractivity contribution >= 4 is 0 Å². The van der Waals surface area contributed by atoms with Gasteiger partial charge in [0, 0.05) is 0 Å². The Balaban J connectivity index is 3.18. The van der Waals surface area contributed by atoms with Crippen molar-refractivity contribution in [3.05, 3.63) is 0 Å². The van der Waals surface area contributed by atoms with Gasteiger partial charge in [-0.2, -0.15) is 0 Å². The van der Waals surface area contributed by atoms with Crippen LogP contribution in [0, 0.1) is 0 Å². The van der Waals surface area contributed by atoms with Crippen LogP contribution in [0.1, 0.15) is 104 Å². The third kappa shape index (κ3) is 14.4. The molecule has 0 rings (SSSR count). The van der Waals surface area contributed by atoms with Gasteiger partial charge in [-0.05, 0) is 38.9 Å². The van der Waals surface area contributed by atoms with E-state index in [4.69, 9.17) is 0 Å². The lowest BCUT2D eigenvalue weighted by atomic mass is 10.1. The normalized spacial score (nSPS) is 11.4. The molecular formula is C19H41N. The Morgan fingerprint density at radius 3 is 1.20 bits per heavy atom. The van der Waals surface area contributed by atoms with E-state index in [1.807, 2.05) is 0 Å². The third-order valence-electron chi connectivity index (χ3n) is 4.16. The largest absolute Gasteiger partial charge is 0.303 e. The molecule has 0 aromatic heterocycles. The van der Waals surface area contributed by atoms with E-state index < -0.39 is 0 Å². The van der Waals surface area contributed by atoms with Gasteiger partial charge in [-0.3, -0.25) is 0 Å². The first kappa shape index (κ1) is 20.0. The number of unbranched alkanes of at least 4 members (excludes halogenated alkanes) is 10. The minimum atomic E-state index is 1.30. The molecular weight excluding hydrogens is 242 g/mol. The Morgan fingerprint density at radius 1 is 0.400 bits per heavy atom. The fraction of sp³-hybridized carbons (Fsp3) is 1.00. The molecule has 0 fully saturated rings. The van der Waals surface area contributed by atoms with E-state index in [1.165, 1.54) is 103 Å². The summed E-state index contributed by atoms with van der Waals surface area (Å²) in [7, 11) is 0. The van der Waals surface area contributed by atoms with Crippen LogP contribution in [-0.2, 0) is 0 Å². The molecule has 0 spiro atoms. The van der Waals surface area contributed by atoms with Gasteiger partial charge in [0.25, 0.3) is 0 Å². The summed E-state index contributed by atoms with van der Waals surface area (Å²) >= 11 is 0. The first-order chi connectivity index (χ1) is 9.85. The number of hydrogen-bond acceptors (Lipinski definition) is 1. The quantitative estimate of drug-likeness (QED) is 0.295. The highest BCUT2D eigenvalue weighted by molar-refractivity contribution is 4.57. The number of rotatable bonds is 16. The van der Waals surface area contributed by atoms with E-state index in [9.17, 15) is 0 Å². The lowest BCUT2D eigenvalue weighted by Crippen LogP contribution is -2.26. The molecule has 1 heteroatoms. The lowest BCUT2D eigenvalue weighted by molar-refractivity contribution is 0.267. The molecule has 0 radical (unpaired) electrons. The van der Waals surface area contributed by atoms with E-state index in [-0.39, 0.29) is 0 Å². The van der Waals surface area contributed by atoms with Crippen molar-refractivity contribution in [3.8, 4) is 0 Å². The van der Waals surface area contributed by atoms with Gasteiger partial charge >= 0.3 is 0 Å². The number of nitrogens with zero attached hydrogens (tertiary/aromatic N) is 1. The molecule has 122 valence electrons. The van der Waals surface area contributed by atoms with Crippen LogP contribution in [0.3, 0.4) is 0 Å². The molecule has 20 heavy (non-hydrogen) atoms. The van der Waals surface area contributed by atoms with E-state index in [0.29, 0.717) is 0 Å². The van der Waals surface area contributed by atoms with Gasteiger partial charge in [0.1, 0.15) is 0 Å². The highest BCUT2D eigenvalue weighted by Crippen LogP contribution is 2.11. The van der Waals surface area contributed by atoms with Crippen molar-refractivity contribution < 1.29 is 0 Å². The van der Waals surface area contributed by atoms with Crippen molar-refractivity contribution in [3.63, 3.8) is 0 Å². The second-order valence-corrected chi connectivity index (χ2v) is 6.38. The molecule has 0 atom stereocenters. The van der Waals surface area contributed by atoms with Crippen molar-refractivity contribution in [2.45, 2.75) is 104 Å². The van der Waals surface area contributed by atoms with Crippen LogP contribution in [0.4, 0.5) is 0 Å². The topological polar surface area (TPSA) is 3.24 Å². The Bertz CT molecular complexity index is 161. The molecule has 0 aliphatic carbocycles. The minimum absolute atomic E-state index is 1.30. The SMILES string of the molecule is CCCCCCCCCCCCCN(CCC)CCC. The van der Waals surface area contributed by atoms with E-state index in [0.717, 1.165) is 0 Å². The van der Waals surface area contributed by atoms with Crippen LogP contribution in [-0.4, -0.2) is 24.5 Å². The molecule has 0 unspecified atom stereocenters. The van der Waals surface area contributed by atoms with E-state index in [1.54, 1.807) is 0 Å². The predicted molar refractivity (Wildman–Crippen MR) is 93.5 cm³/mol. The van der Waals surface area contributed by atoms with E-state index >= 15 is 0 Å². The van der Waals surface area contributed by atoms with Crippen LogP contribution < -0.4 is 0 Å². The molecule has 0 bridgehead atoms. The zero-order chi connectivity index (χ0) is 14.9. The standard InChI is InChI=1S/C19H41N/c1-4-7-8-9-10-11-12-13-14-15-16-19-20(17-5-2)18-6-3/h4-19H2,1-3H3. The molecule has 0 heterocycles. The highest BCUT2D eigenvalue weighted by Gasteiger charge is 2.01. The first-order valence-electron chi connectivity index (χ1n) is 9.57. The zero-order valence-corrected chi connectivity index (χ0v) is 14.8. The highest BCUT2D eigenvalue weighted by atomic mass is 15.1. The molecule has 0 N–H and O–H groups in total. The molecule has 0 aliphatic rings. The first-order valence-corrected chi connectivity index (χ1v) is 9.57. The fourth-order valence-electron chi connectivity index (χ4n) is 2.97. The second kappa shape index (κ2) is 17.0. The minimum Gasteiger partial charge on any atom is -0.303 e. The maximum atomic E-state index is 2.65. The van der Waals surface area contributed by atoms with Gasteiger partial charge in [0.05, 0.1) is 0 Å². The average Bonchev–Trinajstić information content (AvgIpc) is 2.45. The smallest absolute Gasteiger partial charge is 0.00187 e. The summed E-state index contributed by atoms with van der Waals surface area (Å²) in [6.45, 7) is 10.8. The average molecular weight is 284 g/mol. The predicted octanol–water partition coefficient (Wildman–Crippen LogP) is 6.42. The molecule has 0 aliphatic heterocycles. The van der Waals surface area contributed by atoms with Gasteiger partial charge in [-0.1, -0.05) is 85.0 Å². The van der Waals surface area contributed by atoms with Crippen LogP contribution in [0.2, 0.25) is 0 Å². The molecule has 0 saturated heterocycles. The zero-order valence-electron chi connectivity index (χ0n) is 14.8. The Kier molecular flexibility index (Phi) is 17.0. The van der Waals surface area contributed by atoms with Crippen LogP contribution in [0.15, 0.2) is 0 Å².